The molecule has 1 saturated carbocycles. The second-order valence-corrected chi connectivity index (χ2v) is 9.26. The van der Waals surface area contributed by atoms with Gasteiger partial charge in [0, 0.05) is 18.0 Å². The van der Waals surface area contributed by atoms with Gasteiger partial charge in [-0.05, 0) is 68.5 Å². The minimum Gasteiger partial charge on any atom is -0.330 e. The summed E-state index contributed by atoms with van der Waals surface area (Å²) in [5.74, 6) is 0.893. The van der Waals surface area contributed by atoms with Gasteiger partial charge in [-0.15, -0.1) is 0 Å². The van der Waals surface area contributed by atoms with Crippen LogP contribution < -0.4 is 5.73 Å². The van der Waals surface area contributed by atoms with E-state index < -0.39 is 0 Å². The Bertz CT molecular complexity index is 501. The lowest BCUT2D eigenvalue weighted by Gasteiger charge is -2.46. The molecule has 1 aliphatic heterocycles. The van der Waals surface area contributed by atoms with Crippen molar-refractivity contribution in [2.75, 3.05) is 19.6 Å². The normalized spacial score (nSPS) is 30.4. The Hall–Kier alpha value is -0.860. The van der Waals surface area contributed by atoms with E-state index in [1.165, 1.54) is 57.2 Å². The van der Waals surface area contributed by atoms with Crippen molar-refractivity contribution < 1.29 is 0 Å². The Labute approximate surface area is 148 Å². The summed E-state index contributed by atoms with van der Waals surface area (Å²) < 4.78 is 0. The number of piperidine rings is 1. The van der Waals surface area contributed by atoms with E-state index in [1.54, 1.807) is 0 Å². The Morgan fingerprint density at radius 3 is 2.08 bits per heavy atom. The van der Waals surface area contributed by atoms with E-state index in [1.807, 2.05) is 0 Å². The Balaban J connectivity index is 1.58. The Morgan fingerprint density at radius 1 is 1.00 bits per heavy atom. The highest BCUT2D eigenvalue weighted by Crippen LogP contribution is 2.42. The lowest BCUT2D eigenvalue weighted by Crippen LogP contribution is -2.48. The molecule has 2 fully saturated rings. The van der Waals surface area contributed by atoms with Crippen molar-refractivity contribution in [1.29, 1.82) is 0 Å². The summed E-state index contributed by atoms with van der Waals surface area (Å²) in [5, 5.41) is 0. The van der Waals surface area contributed by atoms with Gasteiger partial charge in [0.25, 0.3) is 0 Å². The monoisotopic (exact) mass is 328 g/mol. The quantitative estimate of drug-likeness (QED) is 0.879. The minimum absolute atomic E-state index is 0.224. The molecule has 0 atom stereocenters. The molecule has 1 aliphatic carbocycles. The number of rotatable bonds is 3. The number of benzene rings is 1. The van der Waals surface area contributed by atoms with E-state index in [0.29, 0.717) is 5.41 Å². The van der Waals surface area contributed by atoms with E-state index in [2.05, 4.69) is 56.0 Å². The molecule has 1 heterocycles. The molecule has 24 heavy (non-hydrogen) atoms. The molecule has 0 unspecified atom stereocenters. The Kier molecular flexibility index (Phi) is 5.36. The van der Waals surface area contributed by atoms with Crippen molar-refractivity contribution in [3.8, 4) is 0 Å². The fourth-order valence-electron chi connectivity index (χ4n) is 5.05. The summed E-state index contributed by atoms with van der Waals surface area (Å²) in [6.07, 6.45) is 7.87. The summed E-state index contributed by atoms with van der Waals surface area (Å²) >= 11 is 0. The van der Waals surface area contributed by atoms with Crippen LogP contribution in [0.1, 0.15) is 64.9 Å². The van der Waals surface area contributed by atoms with Gasteiger partial charge in [-0.2, -0.15) is 0 Å². The molecule has 0 spiro atoms. The standard InChI is InChI=1S/C22H36N2/c1-21(2,3)18-11-15-24(16-12-18)20-9-13-22(17-23,14-10-20)19-7-5-4-6-8-19/h4-8,18,20H,9-17,23H2,1-3H3. The van der Waals surface area contributed by atoms with E-state index >= 15 is 0 Å². The first-order chi connectivity index (χ1) is 11.4. The molecule has 0 bridgehead atoms. The number of nitrogens with two attached hydrogens (primary N) is 1. The zero-order valence-electron chi connectivity index (χ0n) is 15.9. The summed E-state index contributed by atoms with van der Waals surface area (Å²) in [7, 11) is 0. The number of hydrogen-bond donors (Lipinski definition) is 1. The first kappa shape index (κ1) is 17.9. The number of likely N-dealkylation sites (tertiary alicyclic amines) is 1. The van der Waals surface area contributed by atoms with E-state index in [4.69, 9.17) is 5.73 Å². The van der Waals surface area contributed by atoms with Crippen LogP contribution >= 0.6 is 0 Å². The molecule has 0 amide bonds. The van der Waals surface area contributed by atoms with Crippen LogP contribution in [0.5, 0.6) is 0 Å². The van der Waals surface area contributed by atoms with Crippen LogP contribution in [0.25, 0.3) is 0 Å². The maximum absolute atomic E-state index is 6.25. The lowest BCUT2D eigenvalue weighted by atomic mass is 9.67. The predicted molar refractivity (Wildman–Crippen MR) is 103 cm³/mol. The molecule has 2 aliphatic rings. The molecule has 3 rings (SSSR count). The zero-order chi connectivity index (χ0) is 17.2. The zero-order valence-corrected chi connectivity index (χ0v) is 15.9. The van der Waals surface area contributed by atoms with Crippen LogP contribution in [-0.2, 0) is 5.41 Å². The minimum atomic E-state index is 0.224. The summed E-state index contributed by atoms with van der Waals surface area (Å²) in [6.45, 7) is 10.6. The van der Waals surface area contributed by atoms with Crippen molar-refractivity contribution in [2.24, 2.45) is 17.1 Å². The molecule has 1 aromatic rings. The van der Waals surface area contributed by atoms with Crippen molar-refractivity contribution >= 4 is 0 Å². The molecule has 2 heteroatoms. The highest BCUT2D eigenvalue weighted by atomic mass is 15.2. The van der Waals surface area contributed by atoms with Crippen LogP contribution in [-0.4, -0.2) is 30.6 Å². The summed E-state index contributed by atoms with van der Waals surface area (Å²) in [6, 6.07) is 11.8. The second-order valence-electron chi connectivity index (χ2n) is 9.26. The molecule has 0 radical (unpaired) electrons. The van der Waals surface area contributed by atoms with Crippen LogP contribution in [0, 0.1) is 11.3 Å². The molecule has 1 aromatic carbocycles. The van der Waals surface area contributed by atoms with Gasteiger partial charge in [0.2, 0.25) is 0 Å². The van der Waals surface area contributed by atoms with Gasteiger partial charge in [-0.1, -0.05) is 51.1 Å². The average Bonchev–Trinajstić information content (AvgIpc) is 2.62. The van der Waals surface area contributed by atoms with Crippen molar-refractivity contribution in [3.63, 3.8) is 0 Å². The third-order valence-corrected chi connectivity index (χ3v) is 6.96. The van der Waals surface area contributed by atoms with Crippen molar-refractivity contribution in [2.45, 2.75) is 70.8 Å². The molecule has 2 nitrogen and oxygen atoms in total. The topological polar surface area (TPSA) is 29.3 Å². The van der Waals surface area contributed by atoms with Crippen LogP contribution in [0.4, 0.5) is 0 Å². The molecule has 2 N–H and O–H groups in total. The SMILES string of the molecule is CC(C)(C)C1CCN(C2CCC(CN)(c3ccccc3)CC2)CC1. The maximum atomic E-state index is 6.25. The summed E-state index contributed by atoms with van der Waals surface area (Å²) in [5.41, 5.74) is 8.40. The smallest absolute Gasteiger partial charge is 0.00959 e. The van der Waals surface area contributed by atoms with E-state index in [-0.39, 0.29) is 5.41 Å². The van der Waals surface area contributed by atoms with Crippen LogP contribution in [0.3, 0.4) is 0 Å². The highest BCUT2D eigenvalue weighted by Gasteiger charge is 2.38. The van der Waals surface area contributed by atoms with Gasteiger partial charge in [-0.3, -0.25) is 0 Å². The number of hydrogen-bond acceptors (Lipinski definition) is 2. The molecule has 1 saturated heterocycles. The molecular weight excluding hydrogens is 292 g/mol. The molecule has 0 aromatic heterocycles. The molecule has 134 valence electrons. The van der Waals surface area contributed by atoms with Gasteiger partial charge in [0.05, 0.1) is 0 Å². The third-order valence-electron chi connectivity index (χ3n) is 6.96. The van der Waals surface area contributed by atoms with Gasteiger partial charge in [-0.25, -0.2) is 0 Å². The highest BCUT2D eigenvalue weighted by molar-refractivity contribution is 5.26. The first-order valence-electron chi connectivity index (χ1n) is 9.94. The van der Waals surface area contributed by atoms with Crippen molar-refractivity contribution in [1.82, 2.24) is 4.90 Å². The van der Waals surface area contributed by atoms with Crippen molar-refractivity contribution in [3.05, 3.63) is 35.9 Å². The predicted octanol–water partition coefficient (Wildman–Crippen LogP) is 4.58. The maximum Gasteiger partial charge on any atom is 0.00959 e. The van der Waals surface area contributed by atoms with Gasteiger partial charge in [0.1, 0.15) is 0 Å². The number of nitrogens with zero attached hydrogens (tertiary/aromatic N) is 1. The van der Waals surface area contributed by atoms with Gasteiger partial charge < -0.3 is 10.6 Å². The fourth-order valence-corrected chi connectivity index (χ4v) is 5.05. The Morgan fingerprint density at radius 2 is 1.58 bits per heavy atom. The lowest BCUT2D eigenvalue weighted by molar-refractivity contribution is 0.0575. The molecular formula is C22H36N2. The van der Waals surface area contributed by atoms with E-state index in [0.717, 1.165) is 18.5 Å². The fraction of sp³-hybridized carbons (Fsp3) is 0.727. The van der Waals surface area contributed by atoms with Crippen LogP contribution in [0.2, 0.25) is 0 Å². The van der Waals surface area contributed by atoms with Gasteiger partial charge in [0.15, 0.2) is 0 Å². The van der Waals surface area contributed by atoms with Gasteiger partial charge >= 0.3 is 0 Å². The van der Waals surface area contributed by atoms with E-state index in [9.17, 15) is 0 Å². The summed E-state index contributed by atoms with van der Waals surface area (Å²) in [4.78, 5) is 2.79. The second kappa shape index (κ2) is 7.17. The first-order valence-corrected chi connectivity index (χ1v) is 9.94. The largest absolute Gasteiger partial charge is 0.330 e. The van der Waals surface area contributed by atoms with Crippen LogP contribution in [0.15, 0.2) is 30.3 Å². The third kappa shape index (κ3) is 3.70. The average molecular weight is 329 g/mol.